The zero-order valence-electron chi connectivity index (χ0n) is 12.3. The molecular formula is C14H23N3O2. The molecule has 0 saturated heterocycles. The highest BCUT2D eigenvalue weighted by molar-refractivity contribution is 5.82. The molecule has 1 aromatic heterocycles. The van der Waals surface area contributed by atoms with E-state index in [2.05, 4.69) is 15.3 Å². The number of carboxylic acid groups (broad SMARTS) is 1. The molecule has 5 nitrogen and oxygen atoms in total. The van der Waals surface area contributed by atoms with E-state index in [-0.39, 0.29) is 5.92 Å². The Morgan fingerprint density at radius 2 is 1.95 bits per heavy atom. The number of aliphatic carboxylic acids is 1. The Kier molecular flexibility index (Phi) is 4.86. The van der Waals surface area contributed by atoms with Gasteiger partial charge < -0.3 is 10.4 Å². The fourth-order valence-corrected chi connectivity index (χ4v) is 1.94. The first kappa shape index (κ1) is 15.4. The second-order valence-electron chi connectivity index (χ2n) is 5.13. The van der Waals surface area contributed by atoms with E-state index < -0.39 is 11.5 Å². The molecule has 0 aliphatic rings. The number of anilines is 1. The minimum absolute atomic E-state index is 0.211. The van der Waals surface area contributed by atoms with Gasteiger partial charge in [0.25, 0.3) is 0 Å². The van der Waals surface area contributed by atoms with Crippen molar-refractivity contribution in [2.45, 2.75) is 58.9 Å². The van der Waals surface area contributed by atoms with E-state index >= 15 is 0 Å². The third kappa shape index (κ3) is 3.43. The predicted octanol–water partition coefficient (Wildman–Crippen LogP) is 2.96. The monoisotopic (exact) mass is 265 g/mol. The van der Waals surface area contributed by atoms with E-state index in [0.29, 0.717) is 18.7 Å². The Morgan fingerprint density at radius 3 is 2.37 bits per heavy atom. The third-order valence-corrected chi connectivity index (χ3v) is 3.37. The Bertz CT molecular complexity index is 454. The zero-order chi connectivity index (χ0) is 14.6. The number of nitrogens with zero attached hydrogens (tertiary/aromatic N) is 2. The second-order valence-corrected chi connectivity index (χ2v) is 5.13. The van der Waals surface area contributed by atoms with Crippen LogP contribution in [0, 0.1) is 6.92 Å². The fourth-order valence-electron chi connectivity index (χ4n) is 1.94. The summed E-state index contributed by atoms with van der Waals surface area (Å²) in [5, 5.41) is 12.5. The van der Waals surface area contributed by atoms with Crippen molar-refractivity contribution in [2.24, 2.45) is 0 Å². The molecule has 0 aromatic carbocycles. The van der Waals surface area contributed by atoms with E-state index in [4.69, 9.17) is 0 Å². The molecule has 0 unspecified atom stereocenters. The van der Waals surface area contributed by atoms with Crippen molar-refractivity contribution >= 4 is 11.8 Å². The van der Waals surface area contributed by atoms with Gasteiger partial charge in [0.2, 0.25) is 0 Å². The van der Waals surface area contributed by atoms with E-state index in [1.807, 2.05) is 34.6 Å². The van der Waals surface area contributed by atoms with Gasteiger partial charge in [-0.25, -0.2) is 14.8 Å². The molecule has 1 rings (SSSR count). The SMILES string of the molecule is CCC(CC)(Nc1cc(C)nc(C(C)C)n1)C(=O)O. The highest BCUT2D eigenvalue weighted by atomic mass is 16.4. The molecule has 5 heteroatoms. The maximum atomic E-state index is 11.5. The number of aromatic nitrogens is 2. The van der Waals surface area contributed by atoms with Crippen LogP contribution in [-0.4, -0.2) is 26.6 Å². The lowest BCUT2D eigenvalue weighted by molar-refractivity contribution is -0.142. The summed E-state index contributed by atoms with van der Waals surface area (Å²) in [6, 6.07) is 1.79. The lowest BCUT2D eigenvalue weighted by atomic mass is 9.93. The van der Waals surface area contributed by atoms with Crippen LogP contribution in [-0.2, 0) is 4.79 Å². The minimum Gasteiger partial charge on any atom is -0.480 e. The molecule has 0 radical (unpaired) electrons. The van der Waals surface area contributed by atoms with Crippen LogP contribution in [0.3, 0.4) is 0 Å². The number of carboxylic acids is 1. The molecule has 19 heavy (non-hydrogen) atoms. The van der Waals surface area contributed by atoms with Crippen LogP contribution in [0.5, 0.6) is 0 Å². The molecule has 0 spiro atoms. The number of hydrogen-bond donors (Lipinski definition) is 2. The molecule has 2 N–H and O–H groups in total. The molecule has 0 amide bonds. The summed E-state index contributed by atoms with van der Waals surface area (Å²) in [6.07, 6.45) is 0.998. The summed E-state index contributed by atoms with van der Waals surface area (Å²) in [7, 11) is 0. The fraction of sp³-hybridized carbons (Fsp3) is 0.643. The van der Waals surface area contributed by atoms with Crippen molar-refractivity contribution in [3.63, 3.8) is 0 Å². The summed E-state index contributed by atoms with van der Waals surface area (Å²) in [4.78, 5) is 20.3. The molecule has 0 fully saturated rings. The second kappa shape index (κ2) is 5.99. The van der Waals surface area contributed by atoms with E-state index in [0.717, 1.165) is 11.5 Å². The number of hydrogen-bond acceptors (Lipinski definition) is 4. The van der Waals surface area contributed by atoms with Crippen molar-refractivity contribution in [1.29, 1.82) is 0 Å². The van der Waals surface area contributed by atoms with E-state index in [9.17, 15) is 9.90 Å². The van der Waals surface area contributed by atoms with Gasteiger partial charge in [0.1, 0.15) is 17.2 Å². The average Bonchev–Trinajstić information content (AvgIpc) is 2.35. The normalized spacial score (nSPS) is 11.7. The van der Waals surface area contributed by atoms with Crippen LogP contribution in [0.4, 0.5) is 5.82 Å². The van der Waals surface area contributed by atoms with E-state index in [1.54, 1.807) is 6.07 Å². The van der Waals surface area contributed by atoms with Gasteiger partial charge in [-0.3, -0.25) is 0 Å². The average molecular weight is 265 g/mol. The molecule has 0 bridgehead atoms. The minimum atomic E-state index is -0.963. The van der Waals surface area contributed by atoms with Gasteiger partial charge in [-0.1, -0.05) is 27.7 Å². The molecule has 0 saturated carbocycles. The largest absolute Gasteiger partial charge is 0.480 e. The standard InChI is InChI=1S/C14H23N3O2/c1-6-14(7-2,13(18)19)17-11-8-10(5)15-12(16-11)9(3)4/h8-9H,6-7H2,1-5H3,(H,18,19)(H,15,16,17). The van der Waals surface area contributed by atoms with Crippen LogP contribution in [0.25, 0.3) is 0 Å². The highest BCUT2D eigenvalue weighted by Gasteiger charge is 2.35. The summed E-state index contributed by atoms with van der Waals surface area (Å²) >= 11 is 0. The van der Waals surface area contributed by atoms with Gasteiger partial charge in [0.05, 0.1) is 0 Å². The van der Waals surface area contributed by atoms with Gasteiger partial charge in [-0.05, 0) is 19.8 Å². The highest BCUT2D eigenvalue weighted by Crippen LogP contribution is 2.23. The first-order valence-electron chi connectivity index (χ1n) is 6.71. The molecule has 0 aliphatic heterocycles. The topological polar surface area (TPSA) is 75.1 Å². The molecule has 0 atom stereocenters. The Balaban J connectivity index is 3.13. The van der Waals surface area contributed by atoms with Crippen LogP contribution in [0.1, 0.15) is 58.0 Å². The first-order chi connectivity index (χ1) is 8.84. The third-order valence-electron chi connectivity index (χ3n) is 3.37. The quantitative estimate of drug-likeness (QED) is 0.827. The lowest BCUT2D eigenvalue weighted by Gasteiger charge is -2.29. The van der Waals surface area contributed by atoms with Crippen molar-refractivity contribution < 1.29 is 9.90 Å². The van der Waals surface area contributed by atoms with Crippen molar-refractivity contribution in [2.75, 3.05) is 5.32 Å². The van der Waals surface area contributed by atoms with Gasteiger partial charge in [0, 0.05) is 17.7 Å². The smallest absolute Gasteiger partial charge is 0.329 e. The molecule has 106 valence electrons. The van der Waals surface area contributed by atoms with Crippen molar-refractivity contribution in [3.8, 4) is 0 Å². The molecule has 1 heterocycles. The predicted molar refractivity (Wildman–Crippen MR) is 75.4 cm³/mol. The van der Waals surface area contributed by atoms with Gasteiger partial charge in [-0.15, -0.1) is 0 Å². The van der Waals surface area contributed by atoms with Gasteiger partial charge >= 0.3 is 5.97 Å². The molecular weight excluding hydrogens is 242 g/mol. The summed E-state index contributed by atoms with van der Waals surface area (Å²) in [5.41, 5.74) is -0.123. The first-order valence-corrected chi connectivity index (χ1v) is 6.71. The van der Waals surface area contributed by atoms with Crippen LogP contribution in [0.2, 0.25) is 0 Å². The molecule has 0 aliphatic carbocycles. The summed E-state index contributed by atoms with van der Waals surface area (Å²) in [6.45, 7) is 9.65. The maximum absolute atomic E-state index is 11.5. The number of carbonyl (C=O) groups is 1. The lowest BCUT2D eigenvalue weighted by Crippen LogP contribution is -2.45. The zero-order valence-corrected chi connectivity index (χ0v) is 12.3. The van der Waals surface area contributed by atoms with Crippen LogP contribution >= 0.6 is 0 Å². The molecule has 1 aromatic rings. The van der Waals surface area contributed by atoms with Crippen molar-refractivity contribution in [3.05, 3.63) is 17.6 Å². The summed E-state index contributed by atoms with van der Waals surface area (Å²) < 4.78 is 0. The number of aryl methyl sites for hydroxylation is 1. The number of nitrogens with one attached hydrogen (secondary N) is 1. The summed E-state index contributed by atoms with van der Waals surface area (Å²) in [5.74, 6) is 0.680. The Labute approximate surface area is 114 Å². The van der Waals surface area contributed by atoms with Gasteiger partial charge in [-0.2, -0.15) is 0 Å². The number of rotatable bonds is 6. The van der Waals surface area contributed by atoms with Crippen LogP contribution in [0.15, 0.2) is 6.07 Å². The van der Waals surface area contributed by atoms with Gasteiger partial charge in [0.15, 0.2) is 0 Å². The Morgan fingerprint density at radius 1 is 1.37 bits per heavy atom. The Hall–Kier alpha value is -1.65. The maximum Gasteiger partial charge on any atom is 0.329 e. The van der Waals surface area contributed by atoms with Crippen molar-refractivity contribution in [1.82, 2.24) is 9.97 Å². The van der Waals surface area contributed by atoms with Crippen LogP contribution < -0.4 is 5.32 Å². The van der Waals surface area contributed by atoms with E-state index in [1.165, 1.54) is 0 Å².